The molecule has 4 heteroatoms. The minimum absolute atomic E-state index is 0.423. The van der Waals surface area contributed by atoms with Crippen molar-refractivity contribution in [3.8, 4) is 5.69 Å². The van der Waals surface area contributed by atoms with Crippen LogP contribution < -0.4 is 0 Å². The Morgan fingerprint density at radius 1 is 1.35 bits per heavy atom. The molecule has 0 radical (unpaired) electrons. The van der Waals surface area contributed by atoms with E-state index in [1.165, 1.54) is 0 Å². The molecule has 1 heterocycles. The van der Waals surface area contributed by atoms with E-state index in [1.807, 2.05) is 30.3 Å². The number of aryl methyl sites for hydroxylation is 1. The summed E-state index contributed by atoms with van der Waals surface area (Å²) < 4.78 is 1.75. The number of carboxylic acid groups (broad SMARTS) is 1. The Labute approximate surface area is 98.5 Å². The predicted molar refractivity (Wildman–Crippen MR) is 62.3 cm³/mol. The molecule has 1 aliphatic rings. The number of aliphatic carboxylic acids is 1. The van der Waals surface area contributed by atoms with E-state index in [0.717, 1.165) is 23.4 Å². The van der Waals surface area contributed by atoms with Gasteiger partial charge in [0.2, 0.25) is 0 Å². The number of aromatic nitrogens is 2. The first-order valence-electron chi connectivity index (χ1n) is 5.62. The molecule has 1 N–H and O–H groups in total. The summed E-state index contributed by atoms with van der Waals surface area (Å²) in [6, 6.07) is 9.65. The van der Waals surface area contributed by atoms with Crippen molar-refractivity contribution in [1.82, 2.24) is 9.78 Å². The third-order valence-corrected chi connectivity index (χ3v) is 3.22. The van der Waals surface area contributed by atoms with Gasteiger partial charge in [0.05, 0.1) is 23.5 Å². The molecule has 86 valence electrons. The molecule has 4 nitrogen and oxygen atoms in total. The van der Waals surface area contributed by atoms with Gasteiger partial charge in [-0.3, -0.25) is 4.79 Å². The van der Waals surface area contributed by atoms with E-state index in [1.54, 1.807) is 10.9 Å². The Morgan fingerprint density at radius 2 is 2.12 bits per heavy atom. The number of hydrogen-bond acceptors (Lipinski definition) is 2. The number of carboxylic acids is 1. The predicted octanol–water partition coefficient (Wildman–Crippen LogP) is 1.99. The zero-order chi connectivity index (χ0) is 11.8. The fourth-order valence-corrected chi connectivity index (χ4v) is 2.41. The van der Waals surface area contributed by atoms with Gasteiger partial charge in [-0.1, -0.05) is 18.2 Å². The number of nitrogens with zero attached hydrogens (tertiary/aromatic N) is 2. The molecule has 0 fully saturated rings. The van der Waals surface area contributed by atoms with E-state index in [4.69, 9.17) is 0 Å². The van der Waals surface area contributed by atoms with Crippen molar-refractivity contribution in [2.45, 2.75) is 18.8 Å². The molecule has 17 heavy (non-hydrogen) atoms. The zero-order valence-electron chi connectivity index (χ0n) is 9.21. The van der Waals surface area contributed by atoms with Crippen LogP contribution in [-0.2, 0) is 11.2 Å². The van der Waals surface area contributed by atoms with Crippen molar-refractivity contribution in [3.63, 3.8) is 0 Å². The summed E-state index contributed by atoms with van der Waals surface area (Å²) in [6.45, 7) is 0. The van der Waals surface area contributed by atoms with Gasteiger partial charge in [0.15, 0.2) is 0 Å². The summed E-state index contributed by atoms with van der Waals surface area (Å²) >= 11 is 0. The highest BCUT2D eigenvalue weighted by Crippen LogP contribution is 2.34. The second kappa shape index (κ2) is 3.73. The van der Waals surface area contributed by atoms with Gasteiger partial charge in [-0.2, -0.15) is 5.10 Å². The Hall–Kier alpha value is -2.10. The maximum Gasteiger partial charge on any atom is 0.312 e. The van der Waals surface area contributed by atoms with E-state index in [2.05, 4.69) is 5.10 Å². The first-order valence-corrected chi connectivity index (χ1v) is 5.62. The molecular weight excluding hydrogens is 216 g/mol. The largest absolute Gasteiger partial charge is 0.481 e. The summed E-state index contributed by atoms with van der Waals surface area (Å²) in [5.41, 5.74) is 2.81. The zero-order valence-corrected chi connectivity index (χ0v) is 9.21. The van der Waals surface area contributed by atoms with E-state index < -0.39 is 11.9 Å². The Morgan fingerprint density at radius 3 is 2.82 bits per heavy atom. The van der Waals surface area contributed by atoms with Gasteiger partial charge >= 0.3 is 5.97 Å². The van der Waals surface area contributed by atoms with Crippen molar-refractivity contribution in [1.29, 1.82) is 0 Å². The van der Waals surface area contributed by atoms with Crippen LogP contribution in [0.15, 0.2) is 36.5 Å². The van der Waals surface area contributed by atoms with Crippen LogP contribution in [0.5, 0.6) is 0 Å². The molecular formula is C13H12N2O2. The normalized spacial score (nSPS) is 18.0. The minimum atomic E-state index is -0.763. The van der Waals surface area contributed by atoms with Crippen LogP contribution in [0.3, 0.4) is 0 Å². The second-order valence-electron chi connectivity index (χ2n) is 4.23. The molecule has 1 aliphatic carbocycles. The molecule has 0 aliphatic heterocycles. The SMILES string of the molecule is O=C(O)C1CCc2cnn(-c3ccccc3)c21. The lowest BCUT2D eigenvalue weighted by Crippen LogP contribution is -2.13. The molecule has 0 saturated heterocycles. The third-order valence-electron chi connectivity index (χ3n) is 3.22. The van der Waals surface area contributed by atoms with Gasteiger partial charge in [0.25, 0.3) is 0 Å². The second-order valence-corrected chi connectivity index (χ2v) is 4.23. The number of para-hydroxylation sites is 1. The molecule has 0 amide bonds. The molecule has 1 atom stereocenters. The lowest BCUT2D eigenvalue weighted by Gasteiger charge is -2.10. The molecule has 3 rings (SSSR count). The van der Waals surface area contributed by atoms with Crippen molar-refractivity contribution >= 4 is 5.97 Å². The Balaban J connectivity index is 2.12. The molecule has 2 aromatic rings. The minimum Gasteiger partial charge on any atom is -0.481 e. The Kier molecular flexibility index (Phi) is 2.21. The quantitative estimate of drug-likeness (QED) is 0.855. The van der Waals surface area contributed by atoms with Crippen molar-refractivity contribution < 1.29 is 9.90 Å². The van der Waals surface area contributed by atoms with Crippen LogP contribution in [0.25, 0.3) is 5.69 Å². The van der Waals surface area contributed by atoms with Crippen molar-refractivity contribution in [2.75, 3.05) is 0 Å². The molecule has 0 bridgehead atoms. The van der Waals surface area contributed by atoms with Gasteiger partial charge in [-0.25, -0.2) is 4.68 Å². The maximum absolute atomic E-state index is 11.2. The number of carbonyl (C=O) groups is 1. The highest BCUT2D eigenvalue weighted by molar-refractivity contribution is 5.77. The van der Waals surface area contributed by atoms with Crippen molar-refractivity contribution in [2.24, 2.45) is 0 Å². The lowest BCUT2D eigenvalue weighted by atomic mass is 10.1. The topological polar surface area (TPSA) is 55.1 Å². The van der Waals surface area contributed by atoms with Gasteiger partial charge in [-0.15, -0.1) is 0 Å². The van der Waals surface area contributed by atoms with Gasteiger partial charge in [-0.05, 0) is 30.5 Å². The average molecular weight is 228 g/mol. The summed E-state index contributed by atoms with van der Waals surface area (Å²) in [5, 5.41) is 13.5. The Bertz CT molecular complexity index is 560. The van der Waals surface area contributed by atoms with Crippen LogP contribution in [0.1, 0.15) is 23.6 Å². The van der Waals surface area contributed by atoms with Gasteiger partial charge < -0.3 is 5.11 Å². The molecule has 1 aromatic heterocycles. The summed E-state index contributed by atoms with van der Waals surface area (Å²) in [4.78, 5) is 11.2. The van der Waals surface area contributed by atoms with E-state index >= 15 is 0 Å². The summed E-state index contributed by atoms with van der Waals surface area (Å²) in [7, 11) is 0. The van der Waals surface area contributed by atoms with E-state index in [-0.39, 0.29) is 0 Å². The smallest absolute Gasteiger partial charge is 0.312 e. The van der Waals surface area contributed by atoms with Gasteiger partial charge in [0.1, 0.15) is 0 Å². The first kappa shape index (κ1) is 10.1. The highest BCUT2D eigenvalue weighted by atomic mass is 16.4. The number of benzene rings is 1. The maximum atomic E-state index is 11.2. The van der Waals surface area contributed by atoms with Crippen molar-refractivity contribution in [3.05, 3.63) is 47.8 Å². The van der Waals surface area contributed by atoms with Crippen LogP contribution in [0.2, 0.25) is 0 Å². The van der Waals surface area contributed by atoms with E-state index in [0.29, 0.717) is 6.42 Å². The standard InChI is InChI=1S/C13H12N2O2/c16-13(17)11-7-6-9-8-14-15(12(9)11)10-4-2-1-3-5-10/h1-5,8,11H,6-7H2,(H,16,17). The van der Waals surface area contributed by atoms with Crippen LogP contribution in [-0.4, -0.2) is 20.9 Å². The van der Waals surface area contributed by atoms with Gasteiger partial charge in [0, 0.05) is 0 Å². The fourth-order valence-electron chi connectivity index (χ4n) is 2.41. The molecule has 1 aromatic carbocycles. The summed E-state index contributed by atoms with van der Waals surface area (Å²) in [6.07, 6.45) is 3.26. The fraction of sp³-hybridized carbons (Fsp3) is 0.231. The lowest BCUT2D eigenvalue weighted by molar-refractivity contribution is -0.138. The third kappa shape index (κ3) is 1.53. The number of hydrogen-bond donors (Lipinski definition) is 1. The van der Waals surface area contributed by atoms with Crippen LogP contribution >= 0.6 is 0 Å². The van der Waals surface area contributed by atoms with Crippen LogP contribution in [0, 0.1) is 0 Å². The molecule has 0 saturated carbocycles. The molecule has 0 spiro atoms. The molecule has 1 unspecified atom stereocenters. The van der Waals surface area contributed by atoms with Crippen LogP contribution in [0.4, 0.5) is 0 Å². The average Bonchev–Trinajstić information content (AvgIpc) is 2.90. The number of fused-ring (bicyclic) bond motifs is 1. The highest BCUT2D eigenvalue weighted by Gasteiger charge is 2.32. The number of rotatable bonds is 2. The first-order chi connectivity index (χ1) is 8.27. The summed E-state index contributed by atoms with van der Waals surface area (Å²) in [5.74, 6) is -1.19. The monoisotopic (exact) mass is 228 g/mol. The van der Waals surface area contributed by atoms with E-state index in [9.17, 15) is 9.90 Å².